The highest BCUT2D eigenvalue weighted by Crippen LogP contribution is 2.12. The van der Waals surface area contributed by atoms with Crippen LogP contribution in [0, 0.1) is 0 Å². The number of aliphatic hydroxyl groups is 1. The van der Waals surface area contributed by atoms with Gasteiger partial charge in [0.15, 0.2) is 0 Å². The number of hydrogen-bond acceptors (Lipinski definition) is 4. The summed E-state index contributed by atoms with van der Waals surface area (Å²) >= 11 is 3.29. The third kappa shape index (κ3) is 4.04. The Hall–Kier alpha value is -0.980. The number of nitrogens with zero attached hydrogens (tertiary/aromatic N) is 2. The second kappa shape index (κ2) is 6.26. The van der Waals surface area contributed by atoms with Crippen LogP contribution in [0.15, 0.2) is 22.8 Å². The van der Waals surface area contributed by atoms with Gasteiger partial charge >= 0.3 is 0 Å². The van der Waals surface area contributed by atoms with E-state index in [0.29, 0.717) is 12.4 Å². The highest BCUT2D eigenvalue weighted by atomic mass is 79.9. The number of carbonyl (C=O) groups is 1. The molecule has 0 aromatic carbocycles. The van der Waals surface area contributed by atoms with Crippen LogP contribution in [0.1, 0.15) is 12.8 Å². The zero-order valence-corrected chi connectivity index (χ0v) is 11.6. The van der Waals surface area contributed by atoms with Gasteiger partial charge in [-0.1, -0.05) is 0 Å². The lowest BCUT2D eigenvalue weighted by Gasteiger charge is -2.28. The highest BCUT2D eigenvalue weighted by Gasteiger charge is 2.18. The first-order chi connectivity index (χ1) is 8.63. The van der Waals surface area contributed by atoms with E-state index in [-0.39, 0.29) is 12.0 Å². The number of anilines is 1. The van der Waals surface area contributed by atoms with Crippen molar-refractivity contribution in [3.63, 3.8) is 0 Å². The number of aliphatic hydroxyl groups excluding tert-OH is 1. The van der Waals surface area contributed by atoms with E-state index in [1.165, 1.54) is 0 Å². The van der Waals surface area contributed by atoms with Gasteiger partial charge in [0, 0.05) is 23.8 Å². The number of piperidine rings is 1. The molecule has 1 aromatic rings. The largest absolute Gasteiger partial charge is 0.393 e. The first kappa shape index (κ1) is 13.5. The summed E-state index contributed by atoms with van der Waals surface area (Å²) in [5, 5.41) is 12.1. The van der Waals surface area contributed by atoms with Crippen molar-refractivity contribution in [1.29, 1.82) is 0 Å². The van der Waals surface area contributed by atoms with Gasteiger partial charge in [-0.3, -0.25) is 9.69 Å². The third-order valence-electron chi connectivity index (χ3n) is 2.92. The molecule has 1 aromatic heterocycles. The van der Waals surface area contributed by atoms with E-state index in [0.717, 1.165) is 30.4 Å². The number of amides is 1. The maximum atomic E-state index is 11.8. The van der Waals surface area contributed by atoms with E-state index in [9.17, 15) is 9.90 Å². The number of pyridine rings is 1. The molecule has 98 valence electrons. The summed E-state index contributed by atoms with van der Waals surface area (Å²) in [7, 11) is 0. The van der Waals surface area contributed by atoms with Gasteiger partial charge in [-0.05, 0) is 40.9 Å². The van der Waals surface area contributed by atoms with Crippen molar-refractivity contribution in [2.24, 2.45) is 0 Å². The zero-order valence-electron chi connectivity index (χ0n) is 9.97. The Morgan fingerprint density at radius 3 is 2.83 bits per heavy atom. The van der Waals surface area contributed by atoms with Crippen LogP contribution in [0.25, 0.3) is 0 Å². The molecule has 0 saturated carbocycles. The summed E-state index contributed by atoms with van der Waals surface area (Å²) in [6.07, 6.45) is 2.91. The minimum absolute atomic E-state index is 0.0683. The Kier molecular flexibility index (Phi) is 4.68. The Labute approximate surface area is 114 Å². The topological polar surface area (TPSA) is 65.5 Å². The molecule has 0 spiro atoms. The van der Waals surface area contributed by atoms with Crippen LogP contribution in [0.5, 0.6) is 0 Å². The number of carbonyl (C=O) groups excluding carboxylic acids is 1. The van der Waals surface area contributed by atoms with Crippen LogP contribution >= 0.6 is 15.9 Å². The standard InChI is InChI=1S/C12H16BrN3O2/c13-9-1-2-11(14-7-9)15-12(18)8-16-5-3-10(17)4-6-16/h1-2,7,10,17H,3-6,8H2,(H,14,15,18). The van der Waals surface area contributed by atoms with Crippen molar-refractivity contribution in [2.45, 2.75) is 18.9 Å². The van der Waals surface area contributed by atoms with E-state index in [4.69, 9.17) is 0 Å². The normalized spacial score (nSPS) is 17.7. The van der Waals surface area contributed by atoms with Gasteiger partial charge in [0.2, 0.25) is 5.91 Å². The van der Waals surface area contributed by atoms with Gasteiger partial charge in [-0.2, -0.15) is 0 Å². The molecule has 1 fully saturated rings. The minimum Gasteiger partial charge on any atom is -0.393 e. The molecular formula is C12H16BrN3O2. The van der Waals surface area contributed by atoms with Crippen molar-refractivity contribution in [2.75, 3.05) is 25.0 Å². The Morgan fingerprint density at radius 1 is 1.50 bits per heavy atom. The maximum Gasteiger partial charge on any atom is 0.239 e. The smallest absolute Gasteiger partial charge is 0.239 e. The molecule has 18 heavy (non-hydrogen) atoms. The average Bonchev–Trinajstić information content (AvgIpc) is 2.35. The molecule has 0 atom stereocenters. The van der Waals surface area contributed by atoms with Crippen LogP contribution in [0.3, 0.4) is 0 Å². The quantitative estimate of drug-likeness (QED) is 0.881. The van der Waals surface area contributed by atoms with Gasteiger partial charge in [0.25, 0.3) is 0 Å². The van der Waals surface area contributed by atoms with Gasteiger partial charge in [0.05, 0.1) is 12.6 Å². The summed E-state index contributed by atoms with van der Waals surface area (Å²) in [6.45, 7) is 1.88. The van der Waals surface area contributed by atoms with Crippen molar-refractivity contribution in [3.8, 4) is 0 Å². The predicted molar refractivity (Wildman–Crippen MR) is 72.2 cm³/mol. The van der Waals surface area contributed by atoms with Gasteiger partial charge < -0.3 is 10.4 Å². The number of likely N-dealkylation sites (tertiary alicyclic amines) is 1. The average molecular weight is 314 g/mol. The molecule has 2 rings (SSSR count). The van der Waals surface area contributed by atoms with Gasteiger partial charge in [0.1, 0.15) is 5.82 Å². The first-order valence-electron chi connectivity index (χ1n) is 5.95. The molecule has 2 N–H and O–H groups in total. The van der Waals surface area contributed by atoms with Crippen molar-refractivity contribution in [3.05, 3.63) is 22.8 Å². The summed E-state index contributed by atoms with van der Waals surface area (Å²) < 4.78 is 0.880. The van der Waals surface area contributed by atoms with Gasteiger partial charge in [-0.25, -0.2) is 4.98 Å². The van der Waals surface area contributed by atoms with Crippen LogP contribution in [-0.2, 0) is 4.79 Å². The van der Waals surface area contributed by atoms with Crippen LogP contribution in [0.2, 0.25) is 0 Å². The van der Waals surface area contributed by atoms with Crippen LogP contribution < -0.4 is 5.32 Å². The summed E-state index contributed by atoms with van der Waals surface area (Å²) in [5.41, 5.74) is 0. The Balaban J connectivity index is 1.80. The molecule has 2 heterocycles. The fourth-order valence-electron chi connectivity index (χ4n) is 1.91. The SMILES string of the molecule is O=C(CN1CCC(O)CC1)Nc1ccc(Br)cn1. The maximum absolute atomic E-state index is 11.8. The van der Waals surface area contributed by atoms with E-state index >= 15 is 0 Å². The first-order valence-corrected chi connectivity index (χ1v) is 6.74. The van der Waals surface area contributed by atoms with Crippen LogP contribution in [-0.4, -0.2) is 46.6 Å². The molecule has 1 aliphatic rings. The predicted octanol–water partition coefficient (Wildman–Crippen LogP) is 1.24. The van der Waals surface area contributed by atoms with E-state index < -0.39 is 0 Å². The molecule has 1 saturated heterocycles. The second-order valence-corrected chi connectivity index (χ2v) is 5.33. The highest BCUT2D eigenvalue weighted by molar-refractivity contribution is 9.10. The number of halogens is 1. The number of rotatable bonds is 3. The molecule has 0 radical (unpaired) electrons. The lowest BCUT2D eigenvalue weighted by molar-refractivity contribution is -0.117. The van der Waals surface area contributed by atoms with Crippen LogP contribution in [0.4, 0.5) is 5.82 Å². The van der Waals surface area contributed by atoms with Gasteiger partial charge in [-0.15, -0.1) is 0 Å². The lowest BCUT2D eigenvalue weighted by atomic mass is 10.1. The van der Waals surface area contributed by atoms with E-state index in [1.54, 1.807) is 12.3 Å². The van der Waals surface area contributed by atoms with E-state index in [2.05, 4.69) is 26.2 Å². The molecule has 0 aliphatic carbocycles. The fraction of sp³-hybridized carbons (Fsp3) is 0.500. The summed E-state index contributed by atoms with van der Waals surface area (Å²) in [4.78, 5) is 17.9. The monoisotopic (exact) mass is 313 g/mol. The number of aromatic nitrogens is 1. The fourth-order valence-corrected chi connectivity index (χ4v) is 2.15. The molecule has 0 bridgehead atoms. The lowest BCUT2D eigenvalue weighted by Crippen LogP contribution is -2.40. The van der Waals surface area contributed by atoms with E-state index in [1.807, 2.05) is 11.0 Å². The molecular weight excluding hydrogens is 298 g/mol. The molecule has 1 aliphatic heterocycles. The molecule has 0 unspecified atom stereocenters. The Morgan fingerprint density at radius 2 is 2.22 bits per heavy atom. The summed E-state index contributed by atoms with van der Waals surface area (Å²) in [6, 6.07) is 3.59. The summed E-state index contributed by atoms with van der Waals surface area (Å²) in [5.74, 6) is 0.487. The number of nitrogens with one attached hydrogen (secondary N) is 1. The third-order valence-corrected chi connectivity index (χ3v) is 3.39. The number of hydrogen-bond donors (Lipinski definition) is 2. The second-order valence-electron chi connectivity index (χ2n) is 4.42. The van der Waals surface area contributed by atoms with Crippen molar-refractivity contribution in [1.82, 2.24) is 9.88 Å². The Bertz CT molecular complexity index is 402. The molecule has 6 heteroatoms. The van der Waals surface area contributed by atoms with Crippen molar-refractivity contribution < 1.29 is 9.90 Å². The molecule has 1 amide bonds. The zero-order chi connectivity index (χ0) is 13.0. The van der Waals surface area contributed by atoms with Crippen molar-refractivity contribution >= 4 is 27.7 Å². The minimum atomic E-state index is -0.211. The molecule has 5 nitrogen and oxygen atoms in total.